The second-order valence-electron chi connectivity index (χ2n) is 6.65. The third-order valence-corrected chi connectivity index (χ3v) is 5.47. The van der Waals surface area contributed by atoms with Gasteiger partial charge >= 0.3 is 0 Å². The molecular formula is C15H27N3O. The zero-order chi connectivity index (χ0) is 13.3. The molecule has 0 aromatic rings. The minimum absolute atomic E-state index is 0.223. The molecule has 1 saturated carbocycles. The Hall–Kier alpha value is -0.610. The van der Waals surface area contributed by atoms with Gasteiger partial charge in [-0.3, -0.25) is 5.41 Å². The van der Waals surface area contributed by atoms with Crippen molar-refractivity contribution in [3.05, 3.63) is 0 Å². The molecule has 1 aliphatic carbocycles. The van der Waals surface area contributed by atoms with Gasteiger partial charge in [-0.1, -0.05) is 12.8 Å². The molecule has 0 amide bonds. The average molecular weight is 265 g/mol. The van der Waals surface area contributed by atoms with Crippen LogP contribution in [0.3, 0.4) is 0 Å². The average Bonchev–Trinajstić information content (AvgIpc) is 2.87. The lowest BCUT2D eigenvalue weighted by Crippen LogP contribution is -2.50. The number of amidine groups is 1. The smallest absolute Gasteiger partial charge is 0.0937 e. The predicted octanol–water partition coefficient (Wildman–Crippen LogP) is 2.13. The fraction of sp³-hybridized carbons (Fsp3) is 0.933. The van der Waals surface area contributed by atoms with E-state index in [1.807, 2.05) is 0 Å². The van der Waals surface area contributed by atoms with Crippen LogP contribution in [0.4, 0.5) is 0 Å². The first-order valence-corrected chi connectivity index (χ1v) is 7.90. The minimum atomic E-state index is 0.223. The number of piperidine rings is 1. The summed E-state index contributed by atoms with van der Waals surface area (Å²) < 4.78 is 6.13. The summed E-state index contributed by atoms with van der Waals surface area (Å²) in [6, 6.07) is 0.708. The van der Waals surface area contributed by atoms with Crippen LogP contribution in [0.2, 0.25) is 0 Å². The van der Waals surface area contributed by atoms with Gasteiger partial charge in [-0.15, -0.1) is 0 Å². The van der Waals surface area contributed by atoms with Crippen LogP contribution in [0.15, 0.2) is 0 Å². The van der Waals surface area contributed by atoms with Crippen LogP contribution >= 0.6 is 0 Å². The molecule has 4 heteroatoms. The molecule has 1 spiro atoms. The number of likely N-dealkylation sites (tertiary alicyclic amines) is 1. The van der Waals surface area contributed by atoms with Gasteiger partial charge in [0, 0.05) is 18.6 Å². The molecule has 1 atom stereocenters. The highest BCUT2D eigenvalue weighted by molar-refractivity contribution is 5.79. The van der Waals surface area contributed by atoms with Crippen molar-refractivity contribution in [2.75, 3.05) is 19.7 Å². The van der Waals surface area contributed by atoms with E-state index in [4.69, 9.17) is 15.9 Å². The molecule has 2 heterocycles. The molecule has 3 aliphatic rings. The number of hydrogen-bond donors (Lipinski definition) is 2. The van der Waals surface area contributed by atoms with Gasteiger partial charge in [0.1, 0.15) is 0 Å². The first-order valence-electron chi connectivity index (χ1n) is 7.90. The molecule has 2 saturated heterocycles. The number of nitrogens with two attached hydrogens (primary N) is 1. The van der Waals surface area contributed by atoms with Crippen molar-refractivity contribution in [3.63, 3.8) is 0 Å². The summed E-state index contributed by atoms with van der Waals surface area (Å²) in [5.74, 6) is 0.718. The van der Waals surface area contributed by atoms with Crippen molar-refractivity contribution in [3.8, 4) is 0 Å². The molecule has 0 bridgehead atoms. The molecule has 0 radical (unpaired) electrons. The van der Waals surface area contributed by atoms with Gasteiger partial charge in [0.05, 0.1) is 11.4 Å². The maximum absolute atomic E-state index is 7.57. The van der Waals surface area contributed by atoms with Gasteiger partial charge in [0.25, 0.3) is 0 Å². The van der Waals surface area contributed by atoms with E-state index < -0.39 is 0 Å². The van der Waals surface area contributed by atoms with E-state index in [1.165, 1.54) is 38.5 Å². The summed E-state index contributed by atoms with van der Waals surface area (Å²) in [4.78, 5) is 2.64. The topological polar surface area (TPSA) is 62.3 Å². The summed E-state index contributed by atoms with van der Waals surface area (Å²) in [5, 5.41) is 7.57. The minimum Gasteiger partial charge on any atom is -0.387 e. The molecule has 4 nitrogen and oxygen atoms in total. The van der Waals surface area contributed by atoms with Crippen molar-refractivity contribution in [1.29, 1.82) is 5.41 Å². The summed E-state index contributed by atoms with van der Waals surface area (Å²) in [5.41, 5.74) is 5.85. The highest BCUT2D eigenvalue weighted by Crippen LogP contribution is 2.41. The lowest BCUT2D eigenvalue weighted by Gasteiger charge is -2.45. The van der Waals surface area contributed by atoms with Crippen LogP contribution < -0.4 is 5.73 Å². The zero-order valence-corrected chi connectivity index (χ0v) is 11.9. The first kappa shape index (κ1) is 13.4. The van der Waals surface area contributed by atoms with E-state index in [2.05, 4.69) is 4.90 Å². The Bertz CT molecular complexity index is 330. The van der Waals surface area contributed by atoms with Crippen LogP contribution in [-0.4, -0.2) is 42.1 Å². The Morgan fingerprint density at radius 3 is 2.47 bits per heavy atom. The van der Waals surface area contributed by atoms with Crippen molar-refractivity contribution in [2.45, 2.75) is 63.0 Å². The molecule has 108 valence electrons. The summed E-state index contributed by atoms with van der Waals surface area (Å²) in [6.45, 7) is 3.17. The van der Waals surface area contributed by atoms with E-state index in [1.54, 1.807) is 0 Å². The van der Waals surface area contributed by atoms with Crippen LogP contribution in [0.5, 0.6) is 0 Å². The quantitative estimate of drug-likeness (QED) is 0.594. The van der Waals surface area contributed by atoms with Crippen molar-refractivity contribution >= 4 is 5.84 Å². The third-order valence-electron chi connectivity index (χ3n) is 5.47. The molecular weight excluding hydrogens is 238 g/mol. The first-order chi connectivity index (χ1) is 9.19. The molecule has 19 heavy (non-hydrogen) atoms. The summed E-state index contributed by atoms with van der Waals surface area (Å²) in [7, 11) is 0. The maximum Gasteiger partial charge on any atom is 0.0937 e. The van der Waals surface area contributed by atoms with Gasteiger partial charge in [0.2, 0.25) is 0 Å². The van der Waals surface area contributed by atoms with Crippen LogP contribution in [0.1, 0.15) is 51.4 Å². The Morgan fingerprint density at radius 1 is 1.16 bits per heavy atom. The SMILES string of the molecule is N=C(N)C1CCN(C2CCOC3(CCCC3)C2)CC1. The largest absolute Gasteiger partial charge is 0.387 e. The Morgan fingerprint density at radius 2 is 1.84 bits per heavy atom. The molecule has 1 unspecified atom stereocenters. The van der Waals surface area contributed by atoms with E-state index in [-0.39, 0.29) is 5.60 Å². The van der Waals surface area contributed by atoms with Gasteiger partial charge in [0.15, 0.2) is 0 Å². The Labute approximate surface area is 116 Å². The molecule has 3 rings (SSSR count). The highest BCUT2D eigenvalue weighted by atomic mass is 16.5. The lowest BCUT2D eigenvalue weighted by molar-refractivity contribution is -0.104. The summed E-state index contributed by atoms with van der Waals surface area (Å²) in [6.07, 6.45) is 9.79. The molecule has 0 aromatic carbocycles. The van der Waals surface area contributed by atoms with Gasteiger partial charge < -0.3 is 15.4 Å². The third kappa shape index (κ3) is 2.79. The predicted molar refractivity (Wildman–Crippen MR) is 76.4 cm³/mol. The standard InChI is InChI=1S/C15H27N3O/c16-14(17)12-3-8-18(9-4-12)13-5-10-19-15(11-13)6-1-2-7-15/h12-13H,1-11H2,(H3,16,17). The summed E-state index contributed by atoms with van der Waals surface area (Å²) >= 11 is 0. The second-order valence-corrected chi connectivity index (χ2v) is 6.65. The van der Waals surface area contributed by atoms with Gasteiger partial charge in [-0.2, -0.15) is 0 Å². The molecule has 3 fully saturated rings. The normalized spacial score (nSPS) is 32.7. The highest BCUT2D eigenvalue weighted by Gasteiger charge is 2.41. The van der Waals surface area contributed by atoms with E-state index in [0.717, 1.165) is 32.5 Å². The number of hydrogen-bond acceptors (Lipinski definition) is 3. The van der Waals surface area contributed by atoms with E-state index >= 15 is 0 Å². The number of ether oxygens (including phenoxy) is 1. The molecule has 3 N–H and O–H groups in total. The number of nitrogens with zero attached hydrogens (tertiary/aromatic N) is 1. The zero-order valence-electron chi connectivity index (χ0n) is 11.9. The fourth-order valence-electron chi connectivity index (χ4n) is 4.26. The van der Waals surface area contributed by atoms with Crippen LogP contribution in [0, 0.1) is 11.3 Å². The van der Waals surface area contributed by atoms with Crippen LogP contribution in [0.25, 0.3) is 0 Å². The maximum atomic E-state index is 7.57. The molecule has 0 aromatic heterocycles. The van der Waals surface area contributed by atoms with Crippen molar-refractivity contribution in [1.82, 2.24) is 4.90 Å². The van der Waals surface area contributed by atoms with Crippen molar-refractivity contribution < 1.29 is 4.74 Å². The monoisotopic (exact) mass is 265 g/mol. The van der Waals surface area contributed by atoms with E-state index in [0.29, 0.717) is 17.8 Å². The Balaban J connectivity index is 1.56. The fourth-order valence-corrected chi connectivity index (χ4v) is 4.26. The molecule has 2 aliphatic heterocycles. The Kier molecular flexibility index (Phi) is 3.81. The van der Waals surface area contributed by atoms with Crippen LogP contribution in [-0.2, 0) is 4.74 Å². The van der Waals surface area contributed by atoms with E-state index in [9.17, 15) is 0 Å². The second kappa shape index (κ2) is 5.41. The lowest BCUT2D eigenvalue weighted by atomic mass is 9.86. The number of nitrogens with one attached hydrogen (secondary N) is 1. The van der Waals surface area contributed by atoms with Gasteiger partial charge in [-0.25, -0.2) is 0 Å². The van der Waals surface area contributed by atoms with Gasteiger partial charge in [-0.05, 0) is 51.6 Å². The number of rotatable bonds is 2. The van der Waals surface area contributed by atoms with Crippen molar-refractivity contribution in [2.24, 2.45) is 11.7 Å².